The van der Waals surface area contributed by atoms with Crippen molar-refractivity contribution in [3.05, 3.63) is 53.4 Å². The SMILES string of the molecule is CC1CCCC(NC(=O)C2(C)Cn3c(cc4occc43)C(=O)N2c2ccc(Cl)cc2)C1C. The van der Waals surface area contributed by atoms with Crippen LogP contribution in [0.2, 0.25) is 5.02 Å². The van der Waals surface area contributed by atoms with Crippen LogP contribution in [0.3, 0.4) is 0 Å². The fourth-order valence-electron chi connectivity index (χ4n) is 5.32. The third-order valence-electron chi connectivity index (χ3n) is 7.50. The van der Waals surface area contributed by atoms with Crippen LogP contribution in [0.15, 0.2) is 47.1 Å². The molecule has 2 aliphatic rings. The quantitative estimate of drug-likeness (QED) is 0.589. The van der Waals surface area contributed by atoms with Gasteiger partial charge in [0.2, 0.25) is 5.91 Å². The van der Waals surface area contributed by atoms with E-state index < -0.39 is 5.54 Å². The number of furan rings is 1. The number of hydrogen-bond acceptors (Lipinski definition) is 3. The molecule has 4 unspecified atom stereocenters. The molecule has 3 heterocycles. The van der Waals surface area contributed by atoms with Gasteiger partial charge in [-0.15, -0.1) is 0 Å². The van der Waals surface area contributed by atoms with Gasteiger partial charge in [0, 0.05) is 28.9 Å². The van der Waals surface area contributed by atoms with E-state index in [1.807, 2.05) is 17.6 Å². The van der Waals surface area contributed by atoms with Gasteiger partial charge in [-0.3, -0.25) is 14.5 Å². The molecule has 0 spiro atoms. The molecule has 1 saturated carbocycles. The van der Waals surface area contributed by atoms with Crippen molar-refractivity contribution in [2.24, 2.45) is 11.8 Å². The van der Waals surface area contributed by atoms with E-state index in [-0.39, 0.29) is 17.9 Å². The first-order valence-electron chi connectivity index (χ1n) is 11.3. The number of benzene rings is 1. The number of hydrogen-bond donors (Lipinski definition) is 1. The van der Waals surface area contributed by atoms with Crippen molar-refractivity contribution in [3.63, 3.8) is 0 Å². The Hall–Kier alpha value is -2.73. The highest BCUT2D eigenvalue weighted by molar-refractivity contribution is 6.30. The average Bonchev–Trinajstić information content (AvgIpc) is 3.35. The number of nitrogens with zero attached hydrogens (tertiary/aromatic N) is 2. The van der Waals surface area contributed by atoms with Gasteiger partial charge in [-0.05, 0) is 49.4 Å². The Kier molecular flexibility index (Phi) is 5.08. The molecule has 0 radical (unpaired) electrons. The van der Waals surface area contributed by atoms with Gasteiger partial charge in [0.25, 0.3) is 5.91 Å². The summed E-state index contributed by atoms with van der Waals surface area (Å²) in [5.74, 6) is 0.585. The minimum absolute atomic E-state index is 0.102. The largest absolute Gasteiger partial charge is 0.463 e. The summed E-state index contributed by atoms with van der Waals surface area (Å²) in [6, 6.07) is 10.8. The standard InChI is InChI=1S/C25H28ClN3O3/c1-15-5-4-6-19(16(15)2)27-24(31)25(3)14-28-20-11-12-32-22(20)13-21(28)23(30)29(25)18-9-7-17(26)8-10-18/h7-13,15-16,19H,4-6,14H2,1-3H3,(H,27,31). The Bertz CT molecular complexity index is 1180. The molecular formula is C25H28ClN3O3. The molecule has 3 aromatic rings. The van der Waals surface area contributed by atoms with Crippen molar-refractivity contribution in [2.75, 3.05) is 4.90 Å². The Morgan fingerprint density at radius 2 is 1.94 bits per heavy atom. The topological polar surface area (TPSA) is 67.5 Å². The van der Waals surface area contributed by atoms with Crippen molar-refractivity contribution < 1.29 is 14.0 Å². The molecule has 1 aliphatic heterocycles. The van der Waals surface area contributed by atoms with Crippen LogP contribution in [0.1, 0.15) is 50.5 Å². The molecule has 1 N–H and O–H groups in total. The first kappa shape index (κ1) is 21.1. The van der Waals surface area contributed by atoms with Gasteiger partial charge in [0.05, 0.1) is 18.3 Å². The number of aromatic nitrogens is 1. The molecular weight excluding hydrogens is 426 g/mol. The Morgan fingerprint density at radius 1 is 1.19 bits per heavy atom. The number of carbonyl (C=O) groups is 2. The minimum atomic E-state index is -1.11. The maximum atomic E-state index is 13.9. The predicted octanol–water partition coefficient (Wildman–Crippen LogP) is 5.25. The van der Waals surface area contributed by atoms with E-state index >= 15 is 0 Å². The fraction of sp³-hybridized carbons (Fsp3) is 0.440. The molecule has 0 saturated heterocycles. The number of carbonyl (C=O) groups excluding carboxylic acids is 2. The number of rotatable bonds is 3. The van der Waals surface area contributed by atoms with Gasteiger partial charge < -0.3 is 14.3 Å². The number of fused-ring (bicyclic) bond motifs is 3. The summed E-state index contributed by atoms with van der Waals surface area (Å²) in [7, 11) is 0. The van der Waals surface area contributed by atoms with Crippen molar-refractivity contribution in [1.29, 1.82) is 0 Å². The predicted molar refractivity (Wildman–Crippen MR) is 125 cm³/mol. The highest BCUT2D eigenvalue weighted by atomic mass is 35.5. The monoisotopic (exact) mass is 453 g/mol. The van der Waals surface area contributed by atoms with Gasteiger partial charge in [-0.25, -0.2) is 0 Å². The zero-order valence-electron chi connectivity index (χ0n) is 18.6. The molecule has 168 valence electrons. The van der Waals surface area contributed by atoms with Crippen molar-refractivity contribution in [2.45, 2.75) is 58.2 Å². The highest BCUT2D eigenvalue weighted by Crippen LogP contribution is 2.37. The second kappa shape index (κ2) is 7.69. The highest BCUT2D eigenvalue weighted by Gasteiger charge is 2.49. The van der Waals surface area contributed by atoms with Crippen LogP contribution >= 0.6 is 11.6 Å². The van der Waals surface area contributed by atoms with E-state index in [0.29, 0.717) is 40.4 Å². The summed E-state index contributed by atoms with van der Waals surface area (Å²) < 4.78 is 7.44. The van der Waals surface area contributed by atoms with E-state index in [2.05, 4.69) is 19.2 Å². The second-order valence-corrected chi connectivity index (χ2v) is 9.96. The molecule has 1 fully saturated rings. The van der Waals surface area contributed by atoms with Gasteiger partial charge in [-0.2, -0.15) is 0 Å². The summed E-state index contributed by atoms with van der Waals surface area (Å²) in [4.78, 5) is 29.2. The maximum absolute atomic E-state index is 13.9. The van der Waals surface area contributed by atoms with E-state index in [9.17, 15) is 9.59 Å². The first-order valence-corrected chi connectivity index (χ1v) is 11.7. The molecule has 6 nitrogen and oxygen atoms in total. The second-order valence-electron chi connectivity index (χ2n) is 9.52. The third kappa shape index (κ3) is 3.24. The zero-order chi connectivity index (χ0) is 22.6. The fourth-order valence-corrected chi connectivity index (χ4v) is 5.44. The third-order valence-corrected chi connectivity index (χ3v) is 7.75. The number of nitrogens with one attached hydrogen (secondary N) is 1. The van der Waals surface area contributed by atoms with E-state index in [0.717, 1.165) is 18.4 Å². The first-order chi connectivity index (χ1) is 15.3. The van der Waals surface area contributed by atoms with Crippen LogP contribution < -0.4 is 10.2 Å². The molecule has 1 aromatic carbocycles. The summed E-state index contributed by atoms with van der Waals surface area (Å²) >= 11 is 6.10. The van der Waals surface area contributed by atoms with Gasteiger partial charge in [0.1, 0.15) is 11.2 Å². The Morgan fingerprint density at radius 3 is 2.69 bits per heavy atom. The maximum Gasteiger partial charge on any atom is 0.276 e. The smallest absolute Gasteiger partial charge is 0.276 e. The summed E-state index contributed by atoms with van der Waals surface area (Å²) in [5, 5.41) is 3.89. The Labute approximate surface area is 192 Å². The molecule has 1 aliphatic carbocycles. The van der Waals surface area contributed by atoms with E-state index in [1.54, 1.807) is 41.5 Å². The van der Waals surface area contributed by atoms with Crippen molar-refractivity contribution in [1.82, 2.24) is 9.88 Å². The summed E-state index contributed by atoms with van der Waals surface area (Å²) in [5.41, 5.74) is 1.51. The lowest BCUT2D eigenvalue weighted by Gasteiger charge is -2.45. The minimum Gasteiger partial charge on any atom is -0.463 e. The molecule has 7 heteroatoms. The molecule has 2 aromatic heterocycles. The molecule has 2 amide bonds. The van der Waals surface area contributed by atoms with Crippen LogP contribution in [0.5, 0.6) is 0 Å². The van der Waals surface area contributed by atoms with E-state index in [4.69, 9.17) is 16.0 Å². The molecule has 5 rings (SSSR count). The van der Waals surface area contributed by atoms with E-state index in [1.165, 1.54) is 6.42 Å². The molecule has 32 heavy (non-hydrogen) atoms. The van der Waals surface area contributed by atoms with Crippen molar-refractivity contribution >= 4 is 40.2 Å². The summed E-state index contributed by atoms with van der Waals surface area (Å²) in [6.07, 6.45) is 4.86. The van der Waals surface area contributed by atoms with Crippen LogP contribution in [-0.2, 0) is 11.3 Å². The van der Waals surface area contributed by atoms with Gasteiger partial charge in [-0.1, -0.05) is 38.3 Å². The lowest BCUT2D eigenvalue weighted by atomic mass is 9.77. The zero-order valence-corrected chi connectivity index (χ0v) is 19.4. The number of anilines is 1. The lowest BCUT2D eigenvalue weighted by Crippen LogP contribution is -2.66. The average molecular weight is 454 g/mol. The normalized spacial score (nSPS) is 28.1. The molecule has 0 bridgehead atoms. The van der Waals surface area contributed by atoms with Crippen molar-refractivity contribution in [3.8, 4) is 0 Å². The van der Waals surface area contributed by atoms with Crippen LogP contribution in [0, 0.1) is 11.8 Å². The van der Waals surface area contributed by atoms with Crippen LogP contribution in [0.25, 0.3) is 11.1 Å². The molecule has 4 atom stereocenters. The number of halogens is 1. The van der Waals surface area contributed by atoms with Crippen LogP contribution in [-0.4, -0.2) is 28.0 Å². The van der Waals surface area contributed by atoms with Crippen LogP contribution in [0.4, 0.5) is 5.69 Å². The summed E-state index contributed by atoms with van der Waals surface area (Å²) in [6.45, 7) is 6.64. The lowest BCUT2D eigenvalue weighted by molar-refractivity contribution is -0.128. The number of amides is 2. The van der Waals surface area contributed by atoms with Gasteiger partial charge >= 0.3 is 0 Å². The Balaban J connectivity index is 1.57. The van der Waals surface area contributed by atoms with Gasteiger partial charge in [0.15, 0.2) is 5.58 Å².